The molecule has 0 aliphatic rings. The van der Waals surface area contributed by atoms with Gasteiger partial charge >= 0.3 is 0 Å². The molecule has 0 aliphatic heterocycles. The Bertz CT molecular complexity index is 622. The van der Waals surface area contributed by atoms with Crippen molar-refractivity contribution in [3.8, 4) is 0 Å². The van der Waals surface area contributed by atoms with Gasteiger partial charge in [-0.05, 0) is 51.4 Å². The maximum atomic E-state index is 13.0. The number of hydrogen-bond acceptors (Lipinski definition) is 3. The Labute approximate surface area is 137 Å². The van der Waals surface area contributed by atoms with Gasteiger partial charge in [-0.25, -0.2) is 0 Å². The van der Waals surface area contributed by atoms with E-state index in [1.54, 1.807) is 11.8 Å². The van der Waals surface area contributed by atoms with Crippen LogP contribution in [0.4, 0.5) is 0 Å². The van der Waals surface area contributed by atoms with E-state index in [2.05, 4.69) is 30.5 Å². The molecule has 2 aromatic carbocycles. The largest absolute Gasteiger partial charge is 0.297 e. The molecule has 1 atom stereocenters. The van der Waals surface area contributed by atoms with Crippen LogP contribution in [0.25, 0.3) is 0 Å². The number of carbonyl (C=O) groups is 1. The highest BCUT2D eigenvalue weighted by molar-refractivity contribution is 7.98. The SMILES string of the molecule is CSc1ccc(CC(C)(C(=O)c2ccccc2)N(C)C)cc1. The summed E-state index contributed by atoms with van der Waals surface area (Å²) in [6.07, 6.45) is 2.76. The lowest BCUT2D eigenvalue weighted by Gasteiger charge is -2.35. The molecule has 22 heavy (non-hydrogen) atoms. The lowest BCUT2D eigenvalue weighted by atomic mass is 9.84. The van der Waals surface area contributed by atoms with Crippen molar-refractivity contribution >= 4 is 17.5 Å². The second-order valence-electron chi connectivity index (χ2n) is 5.89. The Hall–Kier alpha value is -1.58. The maximum absolute atomic E-state index is 13.0. The smallest absolute Gasteiger partial charge is 0.183 e. The Morgan fingerprint density at radius 3 is 2.14 bits per heavy atom. The Morgan fingerprint density at radius 2 is 1.64 bits per heavy atom. The topological polar surface area (TPSA) is 20.3 Å². The van der Waals surface area contributed by atoms with E-state index >= 15 is 0 Å². The van der Waals surface area contributed by atoms with Crippen LogP contribution >= 0.6 is 11.8 Å². The quantitative estimate of drug-likeness (QED) is 0.590. The first kappa shape index (κ1) is 16.8. The normalized spacial score (nSPS) is 13.9. The number of thioether (sulfide) groups is 1. The van der Waals surface area contributed by atoms with Crippen LogP contribution in [-0.4, -0.2) is 36.6 Å². The van der Waals surface area contributed by atoms with Crippen molar-refractivity contribution in [1.29, 1.82) is 0 Å². The van der Waals surface area contributed by atoms with Gasteiger partial charge in [0.15, 0.2) is 5.78 Å². The minimum Gasteiger partial charge on any atom is -0.297 e. The van der Waals surface area contributed by atoms with Gasteiger partial charge in [-0.3, -0.25) is 9.69 Å². The fraction of sp³-hybridized carbons (Fsp3) is 0.316. The van der Waals surface area contributed by atoms with Crippen molar-refractivity contribution < 1.29 is 4.79 Å². The molecule has 0 bridgehead atoms. The van der Waals surface area contributed by atoms with Crippen LogP contribution in [0.2, 0.25) is 0 Å². The standard InChI is InChI=1S/C19H23NOS/c1-19(20(2)3,18(21)16-8-6-5-7-9-16)14-15-10-12-17(22-4)13-11-15/h5-13H,14H2,1-4H3. The third kappa shape index (κ3) is 3.60. The van der Waals surface area contributed by atoms with Gasteiger partial charge in [-0.15, -0.1) is 11.8 Å². The highest BCUT2D eigenvalue weighted by atomic mass is 32.2. The molecule has 3 heteroatoms. The number of nitrogens with zero attached hydrogens (tertiary/aromatic N) is 1. The van der Waals surface area contributed by atoms with E-state index in [1.165, 1.54) is 10.5 Å². The molecule has 0 aliphatic carbocycles. The van der Waals surface area contributed by atoms with Crippen LogP contribution in [0.5, 0.6) is 0 Å². The highest BCUT2D eigenvalue weighted by Crippen LogP contribution is 2.25. The summed E-state index contributed by atoms with van der Waals surface area (Å²) in [7, 11) is 3.94. The fourth-order valence-corrected chi connectivity index (χ4v) is 2.89. The maximum Gasteiger partial charge on any atom is 0.183 e. The molecule has 0 N–H and O–H groups in total. The molecule has 0 aromatic heterocycles. The predicted octanol–water partition coefficient (Wildman–Crippen LogP) is 4.15. The van der Waals surface area contributed by atoms with Gasteiger partial charge in [-0.1, -0.05) is 42.5 Å². The van der Waals surface area contributed by atoms with Gasteiger partial charge < -0.3 is 0 Å². The number of rotatable bonds is 6. The molecule has 2 rings (SSSR count). The van der Waals surface area contributed by atoms with E-state index in [0.717, 1.165) is 5.56 Å². The van der Waals surface area contributed by atoms with Crippen molar-refractivity contribution in [1.82, 2.24) is 4.90 Å². The van der Waals surface area contributed by atoms with E-state index in [1.807, 2.05) is 56.3 Å². The Balaban J connectivity index is 2.29. The third-order valence-corrected chi connectivity index (χ3v) is 4.96. The lowest BCUT2D eigenvalue weighted by Crippen LogP contribution is -2.50. The first-order valence-electron chi connectivity index (χ1n) is 7.37. The summed E-state index contributed by atoms with van der Waals surface area (Å²) < 4.78 is 0. The van der Waals surface area contributed by atoms with Crippen LogP contribution in [-0.2, 0) is 6.42 Å². The lowest BCUT2D eigenvalue weighted by molar-refractivity contribution is 0.0719. The summed E-state index contributed by atoms with van der Waals surface area (Å²) in [4.78, 5) is 16.2. The molecule has 116 valence electrons. The molecule has 1 unspecified atom stereocenters. The van der Waals surface area contributed by atoms with E-state index < -0.39 is 5.54 Å². The number of likely N-dealkylation sites (N-methyl/N-ethyl adjacent to an activating group) is 1. The van der Waals surface area contributed by atoms with Gasteiger partial charge in [0.2, 0.25) is 0 Å². The predicted molar refractivity (Wildman–Crippen MR) is 94.8 cm³/mol. The third-order valence-electron chi connectivity index (χ3n) is 4.22. The molecular weight excluding hydrogens is 290 g/mol. The number of Topliss-reactive ketones (excluding diaryl/α,β-unsaturated/α-hetero) is 1. The van der Waals surface area contributed by atoms with Gasteiger partial charge in [0.05, 0.1) is 5.54 Å². The molecule has 0 spiro atoms. The number of ketones is 1. The van der Waals surface area contributed by atoms with Crippen LogP contribution in [0.3, 0.4) is 0 Å². The van der Waals surface area contributed by atoms with E-state index in [4.69, 9.17) is 0 Å². The van der Waals surface area contributed by atoms with Gasteiger partial charge in [0.25, 0.3) is 0 Å². The summed E-state index contributed by atoms with van der Waals surface area (Å²) >= 11 is 1.73. The van der Waals surface area contributed by atoms with Crippen LogP contribution in [0, 0.1) is 0 Å². The molecule has 2 aromatic rings. The zero-order valence-corrected chi connectivity index (χ0v) is 14.5. The molecule has 0 fully saturated rings. The van der Waals surface area contributed by atoms with E-state index in [0.29, 0.717) is 6.42 Å². The molecule has 0 amide bonds. The fourth-order valence-electron chi connectivity index (χ4n) is 2.48. The summed E-state index contributed by atoms with van der Waals surface area (Å²) in [6, 6.07) is 18.0. The summed E-state index contributed by atoms with van der Waals surface area (Å²) in [6.45, 7) is 2.02. The monoisotopic (exact) mass is 313 g/mol. The molecule has 0 saturated carbocycles. The molecule has 0 radical (unpaired) electrons. The summed E-state index contributed by atoms with van der Waals surface area (Å²) in [5.74, 6) is 0.159. The number of hydrogen-bond donors (Lipinski definition) is 0. The van der Waals surface area contributed by atoms with E-state index in [-0.39, 0.29) is 5.78 Å². The van der Waals surface area contributed by atoms with Crippen molar-refractivity contribution in [2.45, 2.75) is 23.8 Å². The Kier molecular flexibility index (Phi) is 5.43. The van der Waals surface area contributed by atoms with Crippen LogP contribution in [0.15, 0.2) is 59.5 Å². The second kappa shape index (κ2) is 7.12. The van der Waals surface area contributed by atoms with Crippen molar-refractivity contribution in [2.75, 3.05) is 20.4 Å². The first-order valence-corrected chi connectivity index (χ1v) is 8.60. The van der Waals surface area contributed by atoms with Crippen LogP contribution < -0.4 is 0 Å². The second-order valence-corrected chi connectivity index (χ2v) is 6.77. The molecule has 0 saturated heterocycles. The molecular formula is C19H23NOS. The summed E-state index contributed by atoms with van der Waals surface area (Å²) in [5.41, 5.74) is 1.39. The van der Waals surface area contributed by atoms with E-state index in [9.17, 15) is 4.79 Å². The highest BCUT2D eigenvalue weighted by Gasteiger charge is 2.36. The molecule has 2 nitrogen and oxygen atoms in total. The van der Waals surface area contributed by atoms with Crippen LogP contribution in [0.1, 0.15) is 22.8 Å². The zero-order chi connectivity index (χ0) is 16.2. The van der Waals surface area contributed by atoms with Gasteiger partial charge in [0.1, 0.15) is 0 Å². The average Bonchev–Trinajstić information content (AvgIpc) is 2.55. The average molecular weight is 313 g/mol. The van der Waals surface area contributed by atoms with Crippen molar-refractivity contribution in [3.05, 3.63) is 65.7 Å². The number of benzene rings is 2. The minimum atomic E-state index is -0.553. The molecule has 0 heterocycles. The first-order chi connectivity index (χ1) is 10.5. The van der Waals surface area contributed by atoms with Gasteiger partial charge in [0, 0.05) is 10.5 Å². The number of carbonyl (C=O) groups excluding carboxylic acids is 1. The van der Waals surface area contributed by atoms with Gasteiger partial charge in [-0.2, -0.15) is 0 Å². The van der Waals surface area contributed by atoms with Crippen molar-refractivity contribution in [2.24, 2.45) is 0 Å². The van der Waals surface area contributed by atoms with Crippen molar-refractivity contribution in [3.63, 3.8) is 0 Å². The Morgan fingerprint density at radius 1 is 1.05 bits per heavy atom. The zero-order valence-electron chi connectivity index (χ0n) is 13.7. The summed E-state index contributed by atoms with van der Waals surface area (Å²) in [5, 5.41) is 0. The minimum absolute atomic E-state index is 0.159.